The van der Waals surface area contributed by atoms with Gasteiger partial charge < -0.3 is 36.0 Å². The van der Waals surface area contributed by atoms with Crippen LogP contribution in [0, 0.1) is 0 Å². The minimum atomic E-state index is -2.98. The van der Waals surface area contributed by atoms with Gasteiger partial charge in [-0.15, -0.1) is 0 Å². The summed E-state index contributed by atoms with van der Waals surface area (Å²) in [5.74, 6) is -3.35. The van der Waals surface area contributed by atoms with Crippen molar-refractivity contribution in [2.45, 2.75) is 36.9 Å². The molecule has 3 heterocycles. The second kappa shape index (κ2) is 7.56. The van der Waals surface area contributed by atoms with Gasteiger partial charge in [-0.1, -0.05) is 30.3 Å². The predicted octanol–water partition coefficient (Wildman–Crippen LogP) is -3.41. The smallest absolute Gasteiger partial charge is 0.335 e. The summed E-state index contributed by atoms with van der Waals surface area (Å²) in [4.78, 5) is 32.1. The van der Waals surface area contributed by atoms with Crippen LogP contribution in [0.15, 0.2) is 39.9 Å². The molecule has 166 valence electrons. The SMILES string of the molecule is Nc1nc2c(c(=O)[nH]1)n(Cc1ccccc1)c(=O)n2[C@]1(O)O[C@H](CO)[C@@H](O)[C@H](O)[C@H]1O. The average Bonchev–Trinajstić information content (AvgIpc) is 3.02. The maximum absolute atomic E-state index is 13.3. The number of H-pyrrole nitrogens is 1. The molecular formula is C18H21N5O8. The third-order valence-electron chi connectivity index (χ3n) is 5.25. The van der Waals surface area contributed by atoms with E-state index in [2.05, 4.69) is 9.97 Å². The van der Waals surface area contributed by atoms with Crippen molar-refractivity contribution in [2.75, 3.05) is 12.3 Å². The van der Waals surface area contributed by atoms with Crippen molar-refractivity contribution in [1.82, 2.24) is 19.1 Å². The van der Waals surface area contributed by atoms with Crippen LogP contribution >= 0.6 is 0 Å². The summed E-state index contributed by atoms with van der Waals surface area (Å²) in [6, 6.07) is 8.63. The first kappa shape index (κ1) is 21.2. The van der Waals surface area contributed by atoms with Crippen LogP contribution in [-0.2, 0) is 17.2 Å². The van der Waals surface area contributed by atoms with E-state index in [0.29, 0.717) is 10.1 Å². The number of aromatic nitrogens is 4. The molecule has 5 atom stereocenters. The van der Waals surface area contributed by atoms with Crippen molar-refractivity contribution in [1.29, 1.82) is 0 Å². The molecule has 1 fully saturated rings. The number of benzene rings is 1. The highest BCUT2D eigenvalue weighted by molar-refractivity contribution is 5.72. The number of hydrogen-bond donors (Lipinski definition) is 7. The van der Waals surface area contributed by atoms with E-state index >= 15 is 0 Å². The molecule has 4 rings (SSSR count). The first-order valence-corrected chi connectivity index (χ1v) is 9.29. The van der Waals surface area contributed by atoms with E-state index < -0.39 is 53.8 Å². The Morgan fingerprint density at radius 3 is 2.48 bits per heavy atom. The summed E-state index contributed by atoms with van der Waals surface area (Å²) >= 11 is 0. The van der Waals surface area contributed by atoms with Gasteiger partial charge in [-0.25, -0.2) is 9.36 Å². The summed E-state index contributed by atoms with van der Waals surface area (Å²) in [5, 5.41) is 51.2. The van der Waals surface area contributed by atoms with Crippen molar-refractivity contribution >= 4 is 17.1 Å². The highest BCUT2D eigenvalue weighted by Gasteiger charge is 2.56. The Balaban J connectivity index is 1.99. The number of nitrogens with zero attached hydrogens (tertiary/aromatic N) is 3. The number of nitrogen functional groups attached to an aromatic ring is 1. The van der Waals surface area contributed by atoms with Gasteiger partial charge >= 0.3 is 5.69 Å². The van der Waals surface area contributed by atoms with Crippen molar-refractivity contribution < 1.29 is 30.3 Å². The lowest BCUT2D eigenvalue weighted by Crippen LogP contribution is -2.67. The maximum atomic E-state index is 13.3. The fraction of sp³-hybridized carbons (Fsp3) is 0.389. The monoisotopic (exact) mass is 435 g/mol. The van der Waals surface area contributed by atoms with Crippen LogP contribution in [-0.4, -0.2) is 75.7 Å². The first-order valence-electron chi connectivity index (χ1n) is 9.29. The van der Waals surface area contributed by atoms with Gasteiger partial charge in [0.1, 0.15) is 18.3 Å². The van der Waals surface area contributed by atoms with Gasteiger partial charge in [0.2, 0.25) is 5.95 Å². The molecule has 1 aliphatic heterocycles. The van der Waals surface area contributed by atoms with Gasteiger partial charge in [0.25, 0.3) is 11.5 Å². The van der Waals surface area contributed by atoms with Crippen molar-refractivity contribution in [3.8, 4) is 0 Å². The number of imidazole rings is 1. The Labute approximate surface area is 173 Å². The Morgan fingerprint density at radius 1 is 1.16 bits per heavy atom. The number of nitrogens with one attached hydrogen (secondary N) is 1. The Hall–Kier alpha value is -3.07. The molecule has 2 aromatic heterocycles. The normalized spacial score (nSPS) is 28.8. The largest absolute Gasteiger partial charge is 0.394 e. The number of ether oxygens (including phenoxy) is 1. The van der Waals surface area contributed by atoms with E-state index in [1.165, 1.54) is 0 Å². The molecule has 13 nitrogen and oxygen atoms in total. The topological polar surface area (TPSA) is 209 Å². The molecule has 31 heavy (non-hydrogen) atoms. The van der Waals surface area contributed by atoms with Gasteiger partial charge in [0.05, 0.1) is 13.2 Å². The minimum Gasteiger partial charge on any atom is -0.394 e. The standard InChI is InChI=1S/C18H21N5O8/c19-16-20-14-10(15(28)21-16)22(6-8-4-2-1-3-5-8)17(29)23(14)18(30)13(27)12(26)11(25)9(7-24)31-18/h1-5,9,11-13,24-27,30H,6-7H2,(H3,19,20,21,28)/t9-,11-,12+,13-,18-/m1/s1. The van der Waals surface area contributed by atoms with Crippen LogP contribution in [0.25, 0.3) is 11.2 Å². The minimum absolute atomic E-state index is 0.0986. The number of rotatable bonds is 4. The maximum Gasteiger partial charge on any atom is 0.335 e. The summed E-state index contributed by atoms with van der Waals surface area (Å²) in [5.41, 5.74) is 3.75. The molecule has 0 spiro atoms. The van der Waals surface area contributed by atoms with E-state index in [4.69, 9.17) is 10.5 Å². The molecule has 1 aromatic carbocycles. The predicted molar refractivity (Wildman–Crippen MR) is 105 cm³/mol. The highest BCUT2D eigenvalue weighted by atomic mass is 16.7. The highest BCUT2D eigenvalue weighted by Crippen LogP contribution is 2.33. The number of anilines is 1. The fourth-order valence-electron chi connectivity index (χ4n) is 3.70. The first-order chi connectivity index (χ1) is 14.7. The summed E-state index contributed by atoms with van der Waals surface area (Å²) in [6.07, 6.45) is -7.53. The molecule has 3 aromatic rings. The van der Waals surface area contributed by atoms with Crippen LogP contribution in [0.1, 0.15) is 5.56 Å². The van der Waals surface area contributed by atoms with Gasteiger partial charge in [0, 0.05) is 0 Å². The zero-order valence-electron chi connectivity index (χ0n) is 16.0. The molecule has 0 saturated carbocycles. The van der Waals surface area contributed by atoms with E-state index in [1.54, 1.807) is 30.3 Å². The van der Waals surface area contributed by atoms with Crippen LogP contribution in [0.2, 0.25) is 0 Å². The third kappa shape index (κ3) is 3.23. The number of nitrogens with two attached hydrogens (primary N) is 1. The molecule has 0 amide bonds. The lowest BCUT2D eigenvalue weighted by molar-refractivity contribution is -0.390. The number of aliphatic hydroxyl groups is 5. The Morgan fingerprint density at radius 2 is 1.84 bits per heavy atom. The molecule has 0 unspecified atom stereocenters. The molecule has 8 N–H and O–H groups in total. The zero-order chi connectivity index (χ0) is 22.5. The zero-order valence-corrected chi connectivity index (χ0v) is 16.0. The number of aliphatic hydroxyl groups excluding tert-OH is 4. The van der Waals surface area contributed by atoms with Crippen LogP contribution < -0.4 is 17.0 Å². The lowest BCUT2D eigenvalue weighted by atomic mass is 9.96. The van der Waals surface area contributed by atoms with Gasteiger partial charge in [0.15, 0.2) is 17.3 Å². The average molecular weight is 435 g/mol. The van der Waals surface area contributed by atoms with E-state index in [9.17, 15) is 35.1 Å². The van der Waals surface area contributed by atoms with E-state index in [0.717, 1.165) is 4.57 Å². The number of fused-ring (bicyclic) bond motifs is 1. The summed E-state index contributed by atoms with van der Waals surface area (Å²) in [7, 11) is 0. The Kier molecular flexibility index (Phi) is 5.17. The van der Waals surface area contributed by atoms with Gasteiger partial charge in [-0.3, -0.25) is 14.3 Å². The van der Waals surface area contributed by atoms with E-state index in [1.807, 2.05) is 0 Å². The molecule has 0 bridgehead atoms. The number of hydrogen-bond acceptors (Lipinski definition) is 10. The second-order valence-corrected chi connectivity index (χ2v) is 7.24. The van der Waals surface area contributed by atoms with Crippen LogP contribution in [0.4, 0.5) is 5.95 Å². The van der Waals surface area contributed by atoms with Crippen molar-refractivity contribution in [3.05, 3.63) is 56.7 Å². The molecule has 1 aliphatic rings. The van der Waals surface area contributed by atoms with Gasteiger partial charge in [-0.2, -0.15) is 4.98 Å². The van der Waals surface area contributed by atoms with Crippen molar-refractivity contribution in [3.63, 3.8) is 0 Å². The molecule has 1 saturated heterocycles. The third-order valence-corrected chi connectivity index (χ3v) is 5.25. The van der Waals surface area contributed by atoms with Gasteiger partial charge in [-0.05, 0) is 5.56 Å². The number of aromatic amines is 1. The quantitative estimate of drug-likeness (QED) is 0.216. The van der Waals surface area contributed by atoms with Crippen LogP contribution in [0.5, 0.6) is 0 Å². The molecule has 13 heteroatoms. The molecular weight excluding hydrogens is 414 g/mol. The second-order valence-electron chi connectivity index (χ2n) is 7.24. The summed E-state index contributed by atoms with van der Waals surface area (Å²) in [6.45, 7) is -0.945. The van der Waals surface area contributed by atoms with Crippen molar-refractivity contribution in [2.24, 2.45) is 0 Å². The lowest BCUT2D eigenvalue weighted by Gasteiger charge is -2.45. The van der Waals surface area contributed by atoms with Crippen LogP contribution in [0.3, 0.4) is 0 Å². The Bertz CT molecular complexity index is 1220. The van der Waals surface area contributed by atoms with E-state index in [-0.39, 0.29) is 18.0 Å². The molecule has 0 aliphatic carbocycles. The molecule has 0 radical (unpaired) electrons. The summed E-state index contributed by atoms with van der Waals surface area (Å²) < 4.78 is 6.71. The fourth-order valence-corrected chi connectivity index (χ4v) is 3.70.